The van der Waals surface area contributed by atoms with E-state index < -0.39 is 17.2 Å². The topological polar surface area (TPSA) is 25.4 Å². The molecule has 0 amide bonds. The van der Waals surface area contributed by atoms with Gasteiger partial charge in [0.05, 0.1) is 6.61 Å². The van der Waals surface area contributed by atoms with Gasteiger partial charge in [-0.25, -0.2) is 8.78 Å². The highest BCUT2D eigenvalue weighted by atomic mass is 19.1. The number of hydrogen-bond acceptors (Lipinski definition) is 2. The zero-order valence-corrected chi connectivity index (χ0v) is 10.4. The van der Waals surface area contributed by atoms with Crippen LogP contribution in [0.15, 0.2) is 42.7 Å². The third kappa shape index (κ3) is 2.02. The van der Waals surface area contributed by atoms with Gasteiger partial charge in [0.25, 0.3) is 0 Å². The van der Waals surface area contributed by atoms with Gasteiger partial charge in [0, 0.05) is 29.9 Å². The van der Waals surface area contributed by atoms with Crippen LogP contribution in [0.5, 0.6) is 0 Å². The molecule has 0 spiro atoms. The average Bonchev–Trinajstić information content (AvgIpc) is 3.20. The molecule has 0 bridgehead atoms. The molecule has 4 heteroatoms. The van der Waals surface area contributed by atoms with Crippen LogP contribution in [-0.4, -0.2) is 11.6 Å². The normalized spacial score (nSPS) is 23.1. The molecule has 19 heavy (non-hydrogen) atoms. The lowest BCUT2D eigenvalue weighted by atomic mass is 9.83. The van der Waals surface area contributed by atoms with Gasteiger partial charge in [-0.05, 0) is 23.8 Å². The molecule has 1 aromatic heterocycles. The van der Waals surface area contributed by atoms with Crippen molar-refractivity contribution in [3.63, 3.8) is 0 Å². The smallest absolute Gasteiger partial charge is 0.132 e. The minimum absolute atomic E-state index is 0.0181. The van der Waals surface area contributed by atoms with Gasteiger partial charge < -0.3 is 4.74 Å². The summed E-state index contributed by atoms with van der Waals surface area (Å²) in [7, 11) is 0. The van der Waals surface area contributed by atoms with Crippen LogP contribution < -0.4 is 0 Å². The summed E-state index contributed by atoms with van der Waals surface area (Å²) >= 11 is 0. The molecule has 2 nitrogen and oxygen atoms in total. The zero-order chi connectivity index (χ0) is 13.5. The second-order valence-electron chi connectivity index (χ2n) is 4.80. The maximum atomic E-state index is 13.9. The lowest BCUT2D eigenvalue weighted by Crippen LogP contribution is -2.19. The predicted molar refractivity (Wildman–Crippen MR) is 66.6 cm³/mol. The summed E-state index contributed by atoms with van der Waals surface area (Å²) in [5.41, 5.74) is 0.758. The van der Waals surface area contributed by atoms with Gasteiger partial charge in [0.15, 0.2) is 0 Å². The Morgan fingerprint density at radius 3 is 2.47 bits per heavy atom. The van der Waals surface area contributed by atoms with Gasteiger partial charge in [-0.2, -0.15) is 0 Å². The fraction of sp³-hybridized carbons (Fsp3) is 0.267. The van der Waals surface area contributed by atoms with Crippen LogP contribution in [0.1, 0.15) is 24.0 Å². The monoisotopic (exact) mass is 261 g/mol. The van der Waals surface area contributed by atoms with Crippen molar-refractivity contribution in [2.75, 3.05) is 6.61 Å². The quantitative estimate of drug-likeness (QED) is 0.791. The number of benzene rings is 1. The molecule has 2 heterocycles. The molecule has 2 unspecified atom stereocenters. The molecule has 0 radical (unpaired) electrons. The minimum Gasteiger partial charge on any atom is -0.364 e. The summed E-state index contributed by atoms with van der Waals surface area (Å²) < 4.78 is 32.5. The maximum absolute atomic E-state index is 13.9. The first-order valence-corrected chi connectivity index (χ1v) is 6.13. The molecule has 1 fully saturated rings. The maximum Gasteiger partial charge on any atom is 0.132 e. The van der Waals surface area contributed by atoms with E-state index in [1.54, 1.807) is 12.4 Å². The third-order valence-electron chi connectivity index (χ3n) is 3.75. The van der Waals surface area contributed by atoms with Crippen LogP contribution >= 0.6 is 0 Å². The fourth-order valence-corrected chi connectivity index (χ4v) is 2.47. The molecule has 1 saturated heterocycles. The number of nitrogens with zero attached hydrogens (tertiary/aromatic N) is 1. The lowest BCUT2D eigenvalue weighted by molar-refractivity contribution is 0.266. The van der Waals surface area contributed by atoms with E-state index in [2.05, 4.69) is 4.98 Å². The Bertz CT molecular complexity index is 596. The van der Waals surface area contributed by atoms with Crippen molar-refractivity contribution < 1.29 is 13.5 Å². The summed E-state index contributed by atoms with van der Waals surface area (Å²) in [5, 5.41) is 0. The first-order chi connectivity index (χ1) is 9.13. The van der Waals surface area contributed by atoms with E-state index in [9.17, 15) is 8.78 Å². The number of ether oxygens (including phenoxy) is 1. The number of epoxide rings is 1. The standard InChI is InChI=1S/C15H13F2NO/c1-10(11-4-6-18-7-5-11)15(9-19-15)13-3-2-12(16)8-14(13)17/h2-8,10H,9H2,1H3. The highest BCUT2D eigenvalue weighted by molar-refractivity contribution is 5.35. The molecule has 1 aliphatic heterocycles. The first kappa shape index (κ1) is 12.2. The molecule has 98 valence electrons. The molecule has 3 rings (SSSR count). The van der Waals surface area contributed by atoms with Crippen LogP contribution in [-0.2, 0) is 10.3 Å². The highest BCUT2D eigenvalue weighted by Gasteiger charge is 2.53. The number of halogens is 2. The lowest BCUT2D eigenvalue weighted by Gasteiger charge is -2.21. The Hall–Kier alpha value is -1.81. The molecule has 2 atom stereocenters. The third-order valence-corrected chi connectivity index (χ3v) is 3.75. The van der Waals surface area contributed by atoms with E-state index in [4.69, 9.17) is 4.74 Å². The van der Waals surface area contributed by atoms with Crippen LogP contribution in [0.3, 0.4) is 0 Å². The molecule has 1 aliphatic rings. The van der Waals surface area contributed by atoms with Crippen LogP contribution in [0.4, 0.5) is 8.78 Å². The molecule has 0 saturated carbocycles. The first-order valence-electron chi connectivity index (χ1n) is 6.13. The molecular formula is C15H13F2NO. The Labute approximate surface area is 110 Å². The SMILES string of the molecule is CC(c1ccncc1)C1(c2ccc(F)cc2F)CO1. The number of pyridine rings is 1. The van der Waals surface area contributed by atoms with Gasteiger partial charge >= 0.3 is 0 Å². The van der Waals surface area contributed by atoms with Crippen molar-refractivity contribution in [3.05, 3.63) is 65.5 Å². The molecule has 0 N–H and O–H groups in total. The van der Waals surface area contributed by atoms with Gasteiger partial charge in [0.1, 0.15) is 17.2 Å². The largest absolute Gasteiger partial charge is 0.364 e. The minimum atomic E-state index is -0.681. The molecular weight excluding hydrogens is 248 g/mol. The van der Waals surface area contributed by atoms with Crippen LogP contribution in [0, 0.1) is 11.6 Å². The van der Waals surface area contributed by atoms with Gasteiger partial charge in [-0.1, -0.05) is 13.0 Å². The van der Waals surface area contributed by atoms with Crippen molar-refractivity contribution in [1.82, 2.24) is 4.98 Å². The van der Waals surface area contributed by atoms with Crippen LogP contribution in [0.25, 0.3) is 0 Å². The van der Waals surface area contributed by atoms with Crippen molar-refractivity contribution in [1.29, 1.82) is 0 Å². The van der Waals surface area contributed by atoms with E-state index in [0.29, 0.717) is 12.2 Å². The predicted octanol–water partition coefficient (Wildman–Crippen LogP) is 3.39. The summed E-state index contributed by atoms with van der Waals surface area (Å²) in [6.45, 7) is 2.42. The second kappa shape index (κ2) is 4.38. The van der Waals surface area contributed by atoms with Gasteiger partial charge in [-0.3, -0.25) is 4.98 Å². The number of aromatic nitrogens is 1. The second-order valence-corrected chi connectivity index (χ2v) is 4.80. The molecule has 0 aliphatic carbocycles. The summed E-state index contributed by atoms with van der Waals surface area (Å²) in [6, 6.07) is 7.40. The van der Waals surface area contributed by atoms with Gasteiger partial charge in [0.2, 0.25) is 0 Å². The van der Waals surface area contributed by atoms with Crippen molar-refractivity contribution >= 4 is 0 Å². The molecule has 2 aromatic rings. The van der Waals surface area contributed by atoms with E-state index in [-0.39, 0.29) is 5.92 Å². The number of rotatable bonds is 3. The molecule has 1 aromatic carbocycles. The highest BCUT2D eigenvalue weighted by Crippen LogP contribution is 2.50. The summed E-state index contributed by atoms with van der Waals surface area (Å²) in [6.07, 6.45) is 3.39. The van der Waals surface area contributed by atoms with E-state index in [1.165, 1.54) is 12.1 Å². The van der Waals surface area contributed by atoms with E-state index in [1.807, 2.05) is 19.1 Å². The average molecular weight is 261 g/mol. The Morgan fingerprint density at radius 1 is 1.21 bits per heavy atom. The summed E-state index contributed by atoms with van der Waals surface area (Å²) in [4.78, 5) is 3.97. The Balaban J connectivity index is 1.99. The van der Waals surface area contributed by atoms with Crippen molar-refractivity contribution in [3.8, 4) is 0 Å². The summed E-state index contributed by atoms with van der Waals surface area (Å²) in [5.74, 6) is -1.15. The van der Waals surface area contributed by atoms with Crippen molar-refractivity contribution in [2.45, 2.75) is 18.4 Å². The fourth-order valence-electron chi connectivity index (χ4n) is 2.47. The van der Waals surface area contributed by atoms with Crippen molar-refractivity contribution in [2.24, 2.45) is 0 Å². The van der Waals surface area contributed by atoms with Gasteiger partial charge in [-0.15, -0.1) is 0 Å². The number of hydrogen-bond donors (Lipinski definition) is 0. The van der Waals surface area contributed by atoms with E-state index in [0.717, 1.165) is 11.6 Å². The Morgan fingerprint density at radius 2 is 1.89 bits per heavy atom. The zero-order valence-electron chi connectivity index (χ0n) is 10.4. The Kier molecular flexibility index (Phi) is 2.82. The van der Waals surface area contributed by atoms with E-state index >= 15 is 0 Å². The van der Waals surface area contributed by atoms with Crippen LogP contribution in [0.2, 0.25) is 0 Å².